The molecule has 0 radical (unpaired) electrons. The van der Waals surface area contributed by atoms with E-state index in [1.807, 2.05) is 0 Å². The molecule has 0 aromatic carbocycles. The molecule has 6 heteroatoms. The highest BCUT2D eigenvalue weighted by molar-refractivity contribution is 5.77. The minimum Gasteiger partial charge on any atom is -0.356 e. The van der Waals surface area contributed by atoms with Gasteiger partial charge in [0, 0.05) is 45.2 Å². The van der Waals surface area contributed by atoms with Gasteiger partial charge in [0.25, 0.3) is 0 Å². The fourth-order valence-corrected chi connectivity index (χ4v) is 1.26. The summed E-state index contributed by atoms with van der Waals surface area (Å²) in [6.45, 7) is 2.33. The maximum absolute atomic E-state index is 11.6. The van der Waals surface area contributed by atoms with Gasteiger partial charge in [0.15, 0.2) is 0 Å². The topological polar surface area (TPSA) is 78.1 Å². The SMILES string of the molecule is CC(=O)NCCC(=O)N(C)Cc1cn[nH]c1. The van der Waals surface area contributed by atoms with Gasteiger partial charge in [-0.05, 0) is 0 Å². The van der Waals surface area contributed by atoms with Crippen molar-refractivity contribution in [1.82, 2.24) is 20.4 Å². The molecule has 0 aliphatic rings. The lowest BCUT2D eigenvalue weighted by atomic mass is 10.3. The zero-order valence-corrected chi connectivity index (χ0v) is 9.49. The second kappa shape index (κ2) is 5.89. The lowest BCUT2D eigenvalue weighted by molar-refractivity contribution is -0.130. The largest absolute Gasteiger partial charge is 0.356 e. The predicted molar refractivity (Wildman–Crippen MR) is 58.4 cm³/mol. The first-order valence-corrected chi connectivity index (χ1v) is 5.05. The number of nitrogens with zero attached hydrogens (tertiary/aromatic N) is 2. The van der Waals surface area contributed by atoms with Crippen LogP contribution in [0.15, 0.2) is 12.4 Å². The summed E-state index contributed by atoms with van der Waals surface area (Å²) in [6, 6.07) is 0. The van der Waals surface area contributed by atoms with E-state index in [-0.39, 0.29) is 11.8 Å². The molecule has 0 saturated carbocycles. The van der Waals surface area contributed by atoms with Crippen LogP contribution in [0.1, 0.15) is 18.9 Å². The van der Waals surface area contributed by atoms with Crippen LogP contribution in [0, 0.1) is 0 Å². The molecule has 0 spiro atoms. The first kappa shape index (κ1) is 12.2. The Morgan fingerprint density at radius 2 is 2.31 bits per heavy atom. The first-order chi connectivity index (χ1) is 7.59. The summed E-state index contributed by atoms with van der Waals surface area (Å²) >= 11 is 0. The van der Waals surface area contributed by atoms with Crippen LogP contribution in [0.2, 0.25) is 0 Å². The number of carbonyl (C=O) groups excluding carboxylic acids is 2. The highest BCUT2D eigenvalue weighted by Gasteiger charge is 2.09. The molecule has 1 aromatic rings. The van der Waals surface area contributed by atoms with Crippen molar-refractivity contribution in [2.24, 2.45) is 0 Å². The van der Waals surface area contributed by atoms with Crippen LogP contribution >= 0.6 is 0 Å². The zero-order valence-electron chi connectivity index (χ0n) is 9.49. The van der Waals surface area contributed by atoms with Crippen LogP contribution in [-0.2, 0) is 16.1 Å². The molecule has 0 atom stereocenters. The van der Waals surface area contributed by atoms with Gasteiger partial charge in [-0.1, -0.05) is 0 Å². The molecule has 16 heavy (non-hydrogen) atoms. The minimum absolute atomic E-state index is 0.00468. The van der Waals surface area contributed by atoms with Gasteiger partial charge in [-0.15, -0.1) is 0 Å². The summed E-state index contributed by atoms with van der Waals surface area (Å²) in [7, 11) is 1.73. The number of amides is 2. The van der Waals surface area contributed by atoms with Crippen LogP contribution in [0.4, 0.5) is 0 Å². The monoisotopic (exact) mass is 224 g/mol. The van der Waals surface area contributed by atoms with Crippen molar-refractivity contribution in [3.05, 3.63) is 18.0 Å². The molecule has 0 aliphatic heterocycles. The quantitative estimate of drug-likeness (QED) is 0.732. The van der Waals surface area contributed by atoms with Gasteiger partial charge < -0.3 is 10.2 Å². The van der Waals surface area contributed by atoms with Crippen molar-refractivity contribution >= 4 is 11.8 Å². The van der Waals surface area contributed by atoms with Crippen molar-refractivity contribution in [2.75, 3.05) is 13.6 Å². The Balaban J connectivity index is 2.28. The molecule has 6 nitrogen and oxygen atoms in total. The summed E-state index contributed by atoms with van der Waals surface area (Å²) in [5.74, 6) is -0.125. The third-order valence-electron chi connectivity index (χ3n) is 2.11. The summed E-state index contributed by atoms with van der Waals surface area (Å²) in [5.41, 5.74) is 0.954. The van der Waals surface area contributed by atoms with Gasteiger partial charge in [-0.2, -0.15) is 5.10 Å². The first-order valence-electron chi connectivity index (χ1n) is 5.05. The van der Waals surface area contributed by atoms with E-state index in [2.05, 4.69) is 15.5 Å². The van der Waals surface area contributed by atoms with Gasteiger partial charge in [0.05, 0.1) is 6.20 Å². The second-order valence-electron chi connectivity index (χ2n) is 3.59. The molecule has 0 bridgehead atoms. The number of hydrogen-bond acceptors (Lipinski definition) is 3. The Morgan fingerprint density at radius 3 is 2.88 bits per heavy atom. The number of aromatic amines is 1. The number of hydrogen-bond donors (Lipinski definition) is 2. The number of aromatic nitrogens is 2. The molecule has 0 aliphatic carbocycles. The van der Waals surface area contributed by atoms with Gasteiger partial charge in [0.2, 0.25) is 11.8 Å². The van der Waals surface area contributed by atoms with Gasteiger partial charge in [-0.3, -0.25) is 14.7 Å². The van der Waals surface area contributed by atoms with Crippen molar-refractivity contribution in [3.63, 3.8) is 0 Å². The highest BCUT2D eigenvalue weighted by atomic mass is 16.2. The molecule has 88 valence electrons. The van der Waals surface area contributed by atoms with E-state index in [0.717, 1.165) is 5.56 Å². The molecule has 0 saturated heterocycles. The maximum atomic E-state index is 11.6. The fraction of sp³-hybridized carbons (Fsp3) is 0.500. The number of H-pyrrole nitrogens is 1. The minimum atomic E-state index is -0.120. The van der Waals surface area contributed by atoms with Crippen molar-refractivity contribution in [2.45, 2.75) is 19.9 Å². The average molecular weight is 224 g/mol. The van der Waals surface area contributed by atoms with Crippen LogP contribution < -0.4 is 5.32 Å². The smallest absolute Gasteiger partial charge is 0.224 e. The summed E-state index contributed by atoms with van der Waals surface area (Å²) in [6.07, 6.45) is 3.74. The Labute approximate surface area is 94.0 Å². The third kappa shape index (κ3) is 4.12. The van der Waals surface area contributed by atoms with Crippen molar-refractivity contribution in [3.8, 4) is 0 Å². The van der Waals surface area contributed by atoms with Crippen LogP contribution in [-0.4, -0.2) is 40.5 Å². The number of rotatable bonds is 5. The van der Waals surface area contributed by atoms with E-state index in [4.69, 9.17) is 0 Å². The van der Waals surface area contributed by atoms with E-state index in [1.165, 1.54) is 6.92 Å². The van der Waals surface area contributed by atoms with Crippen molar-refractivity contribution < 1.29 is 9.59 Å². The molecule has 2 N–H and O–H groups in total. The molecule has 2 amide bonds. The Morgan fingerprint density at radius 1 is 1.56 bits per heavy atom. The van der Waals surface area contributed by atoms with E-state index in [9.17, 15) is 9.59 Å². The van der Waals surface area contributed by atoms with Crippen LogP contribution in [0.25, 0.3) is 0 Å². The molecule has 1 aromatic heterocycles. The van der Waals surface area contributed by atoms with Gasteiger partial charge >= 0.3 is 0 Å². The summed E-state index contributed by atoms with van der Waals surface area (Å²) < 4.78 is 0. The van der Waals surface area contributed by atoms with E-state index in [1.54, 1.807) is 24.3 Å². The van der Waals surface area contributed by atoms with E-state index < -0.39 is 0 Å². The van der Waals surface area contributed by atoms with E-state index in [0.29, 0.717) is 19.5 Å². The summed E-state index contributed by atoms with van der Waals surface area (Å²) in [4.78, 5) is 23.8. The lowest BCUT2D eigenvalue weighted by Crippen LogP contribution is -2.30. The Bertz CT molecular complexity index is 348. The molecule has 1 heterocycles. The van der Waals surface area contributed by atoms with Gasteiger partial charge in [-0.25, -0.2) is 0 Å². The summed E-state index contributed by atoms with van der Waals surface area (Å²) in [5, 5.41) is 9.07. The maximum Gasteiger partial charge on any atom is 0.224 e. The predicted octanol–water partition coefficient (Wildman–Crippen LogP) is -0.106. The average Bonchev–Trinajstić information content (AvgIpc) is 2.69. The van der Waals surface area contributed by atoms with Gasteiger partial charge in [0.1, 0.15) is 0 Å². The molecule has 0 fully saturated rings. The molecular formula is C10H16N4O2. The lowest BCUT2D eigenvalue weighted by Gasteiger charge is -2.16. The molecule has 1 rings (SSSR count). The molecular weight excluding hydrogens is 208 g/mol. The second-order valence-corrected chi connectivity index (χ2v) is 3.59. The molecule has 0 unspecified atom stereocenters. The zero-order chi connectivity index (χ0) is 12.0. The van der Waals surface area contributed by atoms with Crippen molar-refractivity contribution in [1.29, 1.82) is 0 Å². The Hall–Kier alpha value is -1.85. The normalized spacial score (nSPS) is 9.88. The standard InChI is InChI=1S/C10H16N4O2/c1-8(15)11-4-3-10(16)14(2)7-9-5-12-13-6-9/h5-6H,3-4,7H2,1-2H3,(H,11,15)(H,12,13). The highest BCUT2D eigenvalue weighted by Crippen LogP contribution is 2.00. The third-order valence-corrected chi connectivity index (χ3v) is 2.11. The Kier molecular flexibility index (Phi) is 4.50. The number of carbonyl (C=O) groups is 2. The van der Waals surface area contributed by atoms with Crippen LogP contribution in [0.3, 0.4) is 0 Å². The number of nitrogens with one attached hydrogen (secondary N) is 2. The van der Waals surface area contributed by atoms with Crippen LogP contribution in [0.5, 0.6) is 0 Å². The fourth-order valence-electron chi connectivity index (χ4n) is 1.26. The van der Waals surface area contributed by atoms with E-state index >= 15 is 0 Å².